The molecule has 1 aliphatic rings. The third-order valence-electron chi connectivity index (χ3n) is 3.25. The van der Waals surface area contributed by atoms with Gasteiger partial charge in [0.1, 0.15) is 5.00 Å². The number of amides is 2. The molecule has 2 amide bonds. The van der Waals surface area contributed by atoms with Crippen molar-refractivity contribution in [3.05, 3.63) is 29.2 Å². The van der Waals surface area contributed by atoms with Gasteiger partial charge in [-0.05, 0) is 24.3 Å². The monoisotopic (exact) mass is 294 g/mol. The molecule has 0 spiro atoms. The van der Waals surface area contributed by atoms with Gasteiger partial charge in [-0.3, -0.25) is 14.4 Å². The Morgan fingerprint density at radius 1 is 1.25 bits per heavy atom. The van der Waals surface area contributed by atoms with Crippen molar-refractivity contribution in [3.63, 3.8) is 0 Å². The van der Waals surface area contributed by atoms with Crippen LogP contribution < -0.4 is 11.1 Å². The van der Waals surface area contributed by atoms with Crippen LogP contribution in [-0.2, 0) is 9.59 Å². The first-order valence-corrected chi connectivity index (χ1v) is 6.94. The Kier molecular flexibility index (Phi) is 4.19. The number of nitrogens with one attached hydrogen (secondary N) is 1. The number of aliphatic carboxylic acids is 1. The van der Waals surface area contributed by atoms with Gasteiger partial charge in [-0.15, -0.1) is 11.3 Å². The number of anilines is 1. The Balaban J connectivity index is 2.15. The van der Waals surface area contributed by atoms with Gasteiger partial charge in [-0.2, -0.15) is 0 Å². The second kappa shape index (κ2) is 5.87. The standard InChI is InChI=1S/C13H14N2O4S/c14-10(16)9-5-6-20-12(9)15-11(17)7-3-1-2-4-8(7)13(18)19/h1-2,5-8H,3-4H2,(H2,14,16)(H,15,17)(H,18,19)/t7-,8-/m1/s1. The number of hydrogen-bond acceptors (Lipinski definition) is 4. The average molecular weight is 294 g/mol. The number of thiophene rings is 1. The van der Waals surface area contributed by atoms with Crippen LogP contribution in [0.5, 0.6) is 0 Å². The number of allylic oxidation sites excluding steroid dienone is 2. The molecule has 7 heteroatoms. The van der Waals surface area contributed by atoms with Crippen molar-refractivity contribution >= 4 is 34.1 Å². The van der Waals surface area contributed by atoms with E-state index in [1.807, 2.05) is 0 Å². The molecule has 0 aromatic carbocycles. The maximum absolute atomic E-state index is 12.2. The summed E-state index contributed by atoms with van der Waals surface area (Å²) in [6.45, 7) is 0. The highest BCUT2D eigenvalue weighted by Crippen LogP contribution is 2.29. The number of carboxylic acids is 1. The molecule has 1 heterocycles. The quantitative estimate of drug-likeness (QED) is 0.730. The smallest absolute Gasteiger partial charge is 0.307 e. The Labute approximate surface area is 119 Å². The number of carboxylic acid groups (broad SMARTS) is 1. The summed E-state index contributed by atoms with van der Waals surface area (Å²) >= 11 is 1.18. The number of hydrogen-bond donors (Lipinski definition) is 3. The Hall–Kier alpha value is -2.15. The van der Waals surface area contributed by atoms with Gasteiger partial charge < -0.3 is 16.2 Å². The molecule has 0 bridgehead atoms. The van der Waals surface area contributed by atoms with Gasteiger partial charge in [-0.25, -0.2) is 0 Å². The maximum Gasteiger partial charge on any atom is 0.307 e. The van der Waals surface area contributed by atoms with Crippen LogP contribution in [0.15, 0.2) is 23.6 Å². The molecule has 6 nitrogen and oxygen atoms in total. The van der Waals surface area contributed by atoms with E-state index in [0.717, 1.165) is 0 Å². The van der Waals surface area contributed by atoms with Gasteiger partial charge in [0.15, 0.2) is 0 Å². The topological polar surface area (TPSA) is 109 Å². The highest BCUT2D eigenvalue weighted by Gasteiger charge is 2.34. The predicted molar refractivity (Wildman–Crippen MR) is 74.5 cm³/mol. The lowest BCUT2D eigenvalue weighted by Gasteiger charge is -2.24. The zero-order valence-corrected chi connectivity index (χ0v) is 11.4. The molecule has 2 rings (SSSR count). The lowest BCUT2D eigenvalue weighted by atomic mass is 9.82. The molecular formula is C13H14N2O4S. The number of carbonyl (C=O) groups is 3. The van der Waals surface area contributed by atoms with Crippen molar-refractivity contribution in [1.82, 2.24) is 0 Å². The Morgan fingerprint density at radius 2 is 1.90 bits per heavy atom. The van der Waals surface area contributed by atoms with Crippen molar-refractivity contribution in [2.75, 3.05) is 5.32 Å². The zero-order chi connectivity index (χ0) is 14.7. The first kappa shape index (κ1) is 14.3. The number of rotatable bonds is 4. The molecule has 0 aliphatic heterocycles. The molecule has 4 N–H and O–H groups in total. The zero-order valence-electron chi connectivity index (χ0n) is 10.5. The lowest BCUT2D eigenvalue weighted by Crippen LogP contribution is -2.34. The first-order chi connectivity index (χ1) is 9.50. The summed E-state index contributed by atoms with van der Waals surface area (Å²) in [6, 6.07) is 1.53. The van der Waals surface area contributed by atoms with Gasteiger partial charge in [0.25, 0.3) is 5.91 Å². The normalized spacial score (nSPS) is 21.4. The molecule has 0 fully saturated rings. The molecule has 0 saturated carbocycles. The highest BCUT2D eigenvalue weighted by atomic mass is 32.1. The minimum absolute atomic E-state index is 0.238. The molecule has 106 valence electrons. The van der Waals surface area contributed by atoms with Crippen LogP contribution in [0.3, 0.4) is 0 Å². The second-order valence-electron chi connectivity index (χ2n) is 4.51. The molecular weight excluding hydrogens is 280 g/mol. The van der Waals surface area contributed by atoms with E-state index in [-0.39, 0.29) is 5.56 Å². The third-order valence-corrected chi connectivity index (χ3v) is 4.08. The van der Waals surface area contributed by atoms with Crippen LogP contribution in [0.2, 0.25) is 0 Å². The molecule has 1 aromatic heterocycles. The van der Waals surface area contributed by atoms with Crippen molar-refractivity contribution in [3.8, 4) is 0 Å². The van der Waals surface area contributed by atoms with Crippen LogP contribution in [-0.4, -0.2) is 22.9 Å². The predicted octanol–water partition coefficient (Wildman–Crippen LogP) is 1.45. The maximum atomic E-state index is 12.2. The number of nitrogens with two attached hydrogens (primary N) is 1. The van der Waals surface area contributed by atoms with Gasteiger partial charge in [0.2, 0.25) is 5.91 Å². The Bertz CT molecular complexity index is 579. The van der Waals surface area contributed by atoms with Crippen molar-refractivity contribution in [2.24, 2.45) is 17.6 Å². The summed E-state index contributed by atoms with van der Waals surface area (Å²) in [4.78, 5) is 34.5. The largest absolute Gasteiger partial charge is 0.481 e. The molecule has 0 radical (unpaired) electrons. The van der Waals surface area contributed by atoms with E-state index in [9.17, 15) is 14.4 Å². The minimum Gasteiger partial charge on any atom is -0.481 e. The van der Waals surface area contributed by atoms with E-state index in [1.54, 1.807) is 17.5 Å². The van der Waals surface area contributed by atoms with E-state index < -0.39 is 29.6 Å². The van der Waals surface area contributed by atoms with E-state index >= 15 is 0 Å². The van der Waals surface area contributed by atoms with E-state index in [0.29, 0.717) is 17.8 Å². The first-order valence-electron chi connectivity index (χ1n) is 6.06. The van der Waals surface area contributed by atoms with Crippen LogP contribution in [0.25, 0.3) is 0 Å². The van der Waals surface area contributed by atoms with Gasteiger partial charge in [0, 0.05) is 0 Å². The summed E-state index contributed by atoms with van der Waals surface area (Å²) in [7, 11) is 0. The van der Waals surface area contributed by atoms with Gasteiger partial charge in [-0.1, -0.05) is 12.2 Å². The van der Waals surface area contributed by atoms with E-state index in [1.165, 1.54) is 17.4 Å². The number of primary amides is 1. The van der Waals surface area contributed by atoms with Crippen LogP contribution in [0.1, 0.15) is 23.2 Å². The minimum atomic E-state index is -0.990. The lowest BCUT2D eigenvalue weighted by molar-refractivity contribution is -0.146. The molecule has 1 aromatic rings. The highest BCUT2D eigenvalue weighted by molar-refractivity contribution is 7.14. The molecule has 0 unspecified atom stereocenters. The molecule has 20 heavy (non-hydrogen) atoms. The second-order valence-corrected chi connectivity index (χ2v) is 5.43. The summed E-state index contributed by atoms with van der Waals surface area (Å²) < 4.78 is 0. The van der Waals surface area contributed by atoms with E-state index in [2.05, 4.69) is 5.32 Å². The third kappa shape index (κ3) is 2.88. The van der Waals surface area contributed by atoms with Gasteiger partial charge >= 0.3 is 5.97 Å². The molecule has 1 aliphatic carbocycles. The van der Waals surface area contributed by atoms with Crippen molar-refractivity contribution in [2.45, 2.75) is 12.8 Å². The summed E-state index contributed by atoms with van der Waals surface area (Å²) in [5.41, 5.74) is 5.44. The Morgan fingerprint density at radius 3 is 2.50 bits per heavy atom. The van der Waals surface area contributed by atoms with E-state index in [4.69, 9.17) is 10.8 Å². The fourth-order valence-electron chi connectivity index (χ4n) is 2.18. The van der Waals surface area contributed by atoms with Crippen LogP contribution in [0, 0.1) is 11.8 Å². The summed E-state index contributed by atoms with van der Waals surface area (Å²) in [5, 5.41) is 13.8. The fourth-order valence-corrected chi connectivity index (χ4v) is 2.98. The van der Waals surface area contributed by atoms with Crippen LogP contribution in [0.4, 0.5) is 5.00 Å². The fraction of sp³-hybridized carbons (Fsp3) is 0.308. The SMILES string of the molecule is NC(=O)c1ccsc1NC(=O)[C@@H]1CC=CC[C@H]1C(=O)O. The molecule has 2 atom stereocenters. The van der Waals surface area contributed by atoms with Crippen molar-refractivity contribution < 1.29 is 19.5 Å². The summed E-state index contributed by atoms with van der Waals surface area (Å²) in [6.07, 6.45) is 4.27. The number of carbonyl (C=O) groups excluding carboxylic acids is 2. The average Bonchev–Trinajstić information content (AvgIpc) is 2.87. The molecule has 0 saturated heterocycles. The van der Waals surface area contributed by atoms with Crippen molar-refractivity contribution in [1.29, 1.82) is 0 Å². The van der Waals surface area contributed by atoms with Gasteiger partial charge in [0.05, 0.1) is 17.4 Å². The summed E-state index contributed by atoms with van der Waals surface area (Å²) in [5.74, 6) is -3.39. The van der Waals surface area contributed by atoms with Crippen LogP contribution >= 0.6 is 11.3 Å².